The second-order valence-electron chi connectivity index (χ2n) is 7.44. The number of aromatic nitrogens is 1. The Labute approximate surface area is 195 Å². The molecule has 0 aliphatic heterocycles. The van der Waals surface area contributed by atoms with E-state index in [1.54, 1.807) is 18.2 Å². The Hall–Kier alpha value is -2.66. The molecule has 0 spiro atoms. The van der Waals surface area contributed by atoms with E-state index in [2.05, 4.69) is 36.3 Å². The minimum absolute atomic E-state index is 0.278. The van der Waals surface area contributed by atoms with E-state index >= 15 is 0 Å². The Balaban J connectivity index is 1.61. The van der Waals surface area contributed by atoms with Gasteiger partial charge in [-0.1, -0.05) is 73.4 Å². The monoisotopic (exact) mass is 466 g/mol. The molecular weight excluding hydrogens is 447 g/mol. The lowest BCUT2D eigenvalue weighted by Crippen LogP contribution is -2.09. The van der Waals surface area contributed by atoms with Crippen LogP contribution in [0.1, 0.15) is 30.9 Å². The molecule has 4 rings (SSSR count). The molecule has 6 heteroatoms. The molecule has 0 bridgehead atoms. The number of carbonyl (C=O) groups is 1. The predicted octanol–water partition coefficient (Wildman–Crippen LogP) is 8.05. The largest absolute Gasteiger partial charge is 0.321 e. The van der Waals surface area contributed by atoms with Gasteiger partial charge in [-0.05, 0) is 47.4 Å². The molecule has 0 aliphatic carbocycles. The molecule has 0 saturated carbocycles. The van der Waals surface area contributed by atoms with Crippen LogP contribution in [0.15, 0.2) is 66.7 Å². The van der Waals surface area contributed by atoms with Crippen LogP contribution < -0.4 is 5.32 Å². The molecule has 0 aliphatic rings. The third-order valence-corrected chi connectivity index (χ3v) is 6.44. The molecule has 3 nitrogen and oxygen atoms in total. The van der Waals surface area contributed by atoms with E-state index in [4.69, 9.17) is 23.2 Å². The standard InChI is InChI=1S/C25H20Cl2N2OS/c1-15(2)17-10-7-16(8-11-17)9-12-23(30)29-24-19(13-18(26)14-20(24)27)25-28-21-5-3-4-6-22(21)31-25/h3-15H,1-2H3,(H,29,30)/b12-9+. The van der Waals surface area contributed by atoms with Gasteiger partial charge in [-0.3, -0.25) is 4.79 Å². The minimum atomic E-state index is -0.278. The number of nitrogens with one attached hydrogen (secondary N) is 1. The lowest BCUT2D eigenvalue weighted by atomic mass is 10.0. The number of nitrogens with zero attached hydrogens (tertiary/aromatic N) is 1. The van der Waals surface area contributed by atoms with Gasteiger partial charge in [0.05, 0.1) is 20.9 Å². The highest BCUT2D eigenvalue weighted by Gasteiger charge is 2.16. The number of para-hydroxylation sites is 1. The van der Waals surface area contributed by atoms with Crippen molar-refractivity contribution in [2.24, 2.45) is 0 Å². The molecule has 31 heavy (non-hydrogen) atoms. The molecular formula is C25H20Cl2N2OS. The van der Waals surface area contributed by atoms with Gasteiger partial charge < -0.3 is 5.32 Å². The summed E-state index contributed by atoms with van der Waals surface area (Å²) >= 11 is 14.2. The predicted molar refractivity (Wildman–Crippen MR) is 133 cm³/mol. The maximum Gasteiger partial charge on any atom is 0.248 e. The number of benzene rings is 3. The number of hydrogen-bond donors (Lipinski definition) is 1. The Morgan fingerprint density at radius 3 is 2.52 bits per heavy atom. The number of rotatable bonds is 5. The molecule has 0 radical (unpaired) electrons. The molecule has 0 unspecified atom stereocenters. The van der Waals surface area contributed by atoms with Gasteiger partial charge in [0, 0.05) is 16.7 Å². The third-order valence-electron chi connectivity index (χ3n) is 4.86. The second-order valence-corrected chi connectivity index (χ2v) is 9.32. The maximum absolute atomic E-state index is 12.6. The first-order valence-electron chi connectivity index (χ1n) is 9.85. The zero-order valence-corrected chi connectivity index (χ0v) is 19.4. The van der Waals surface area contributed by atoms with Crippen LogP contribution in [0.25, 0.3) is 26.9 Å². The van der Waals surface area contributed by atoms with Gasteiger partial charge in [-0.2, -0.15) is 0 Å². The lowest BCUT2D eigenvalue weighted by Gasteiger charge is -2.11. The van der Waals surface area contributed by atoms with Crippen LogP contribution in [0.4, 0.5) is 5.69 Å². The summed E-state index contributed by atoms with van der Waals surface area (Å²) in [7, 11) is 0. The quantitative estimate of drug-likeness (QED) is 0.302. The van der Waals surface area contributed by atoms with Crippen LogP contribution in [-0.4, -0.2) is 10.9 Å². The highest BCUT2D eigenvalue weighted by molar-refractivity contribution is 7.21. The number of fused-ring (bicyclic) bond motifs is 1. The Kier molecular flexibility index (Phi) is 6.42. The van der Waals surface area contributed by atoms with Crippen molar-refractivity contribution in [1.82, 2.24) is 4.98 Å². The zero-order chi connectivity index (χ0) is 22.0. The van der Waals surface area contributed by atoms with Gasteiger partial charge in [0.1, 0.15) is 5.01 Å². The molecule has 4 aromatic rings. The van der Waals surface area contributed by atoms with Crippen molar-refractivity contribution in [3.63, 3.8) is 0 Å². The van der Waals surface area contributed by atoms with E-state index in [0.29, 0.717) is 27.2 Å². The summed E-state index contributed by atoms with van der Waals surface area (Å²) in [6.07, 6.45) is 3.28. The molecule has 1 aromatic heterocycles. The molecule has 1 N–H and O–H groups in total. The molecule has 1 amide bonds. The topological polar surface area (TPSA) is 42.0 Å². The number of halogens is 2. The lowest BCUT2D eigenvalue weighted by molar-refractivity contribution is -0.111. The summed E-state index contributed by atoms with van der Waals surface area (Å²) < 4.78 is 1.05. The Morgan fingerprint density at radius 1 is 1.06 bits per heavy atom. The summed E-state index contributed by atoms with van der Waals surface area (Å²) in [5.41, 5.74) is 4.29. The van der Waals surface area contributed by atoms with Crippen LogP contribution >= 0.6 is 34.5 Å². The van der Waals surface area contributed by atoms with E-state index in [9.17, 15) is 4.79 Å². The molecule has 1 heterocycles. The van der Waals surface area contributed by atoms with Crippen molar-refractivity contribution in [1.29, 1.82) is 0 Å². The first kappa shape index (κ1) is 21.6. The summed E-state index contributed by atoms with van der Waals surface area (Å²) in [5, 5.41) is 4.49. The SMILES string of the molecule is CC(C)c1ccc(/C=C/C(=O)Nc2c(Cl)cc(Cl)cc2-c2nc3ccccc3s2)cc1. The summed E-state index contributed by atoms with van der Waals surface area (Å²) in [6, 6.07) is 19.4. The number of anilines is 1. The molecule has 0 saturated heterocycles. The minimum Gasteiger partial charge on any atom is -0.321 e. The Morgan fingerprint density at radius 2 is 1.81 bits per heavy atom. The second kappa shape index (κ2) is 9.23. The van der Waals surface area contributed by atoms with Gasteiger partial charge in [-0.25, -0.2) is 4.98 Å². The van der Waals surface area contributed by atoms with E-state index in [-0.39, 0.29) is 5.91 Å². The van der Waals surface area contributed by atoms with Gasteiger partial charge in [0.25, 0.3) is 0 Å². The average molecular weight is 467 g/mol. The summed E-state index contributed by atoms with van der Waals surface area (Å²) in [5.74, 6) is 0.189. The molecule has 156 valence electrons. The van der Waals surface area contributed by atoms with Crippen LogP contribution in [-0.2, 0) is 4.79 Å². The fraction of sp³-hybridized carbons (Fsp3) is 0.120. The van der Waals surface area contributed by atoms with E-state index in [1.165, 1.54) is 23.0 Å². The number of thiazole rings is 1. The summed E-state index contributed by atoms with van der Waals surface area (Å²) in [4.78, 5) is 17.3. The van der Waals surface area contributed by atoms with Crippen molar-refractivity contribution in [2.75, 3.05) is 5.32 Å². The zero-order valence-electron chi connectivity index (χ0n) is 17.0. The van der Waals surface area contributed by atoms with Gasteiger partial charge >= 0.3 is 0 Å². The smallest absolute Gasteiger partial charge is 0.248 e. The first-order chi connectivity index (χ1) is 14.9. The van der Waals surface area contributed by atoms with Crippen LogP contribution in [0, 0.1) is 0 Å². The number of hydrogen-bond acceptors (Lipinski definition) is 3. The maximum atomic E-state index is 12.6. The van der Waals surface area contributed by atoms with Crippen molar-refractivity contribution in [2.45, 2.75) is 19.8 Å². The average Bonchev–Trinajstić information content (AvgIpc) is 3.18. The van der Waals surface area contributed by atoms with Crippen LogP contribution in [0.5, 0.6) is 0 Å². The fourth-order valence-corrected chi connectivity index (χ4v) is 4.71. The van der Waals surface area contributed by atoms with E-state index in [1.807, 2.05) is 36.4 Å². The first-order valence-corrected chi connectivity index (χ1v) is 11.4. The van der Waals surface area contributed by atoms with Crippen molar-refractivity contribution >= 4 is 62.4 Å². The van der Waals surface area contributed by atoms with Gasteiger partial charge in [0.15, 0.2) is 0 Å². The fourth-order valence-electron chi connectivity index (χ4n) is 3.19. The highest BCUT2D eigenvalue weighted by atomic mass is 35.5. The third kappa shape index (κ3) is 4.99. The van der Waals surface area contributed by atoms with Gasteiger partial charge in [0.2, 0.25) is 5.91 Å². The summed E-state index contributed by atoms with van der Waals surface area (Å²) in [6.45, 7) is 4.30. The van der Waals surface area contributed by atoms with Crippen LogP contribution in [0.2, 0.25) is 10.0 Å². The van der Waals surface area contributed by atoms with E-state index in [0.717, 1.165) is 20.8 Å². The highest BCUT2D eigenvalue weighted by Crippen LogP contribution is 2.40. The normalized spacial score (nSPS) is 11.5. The molecule has 0 fully saturated rings. The van der Waals surface area contributed by atoms with E-state index < -0.39 is 0 Å². The van der Waals surface area contributed by atoms with Crippen molar-refractivity contribution < 1.29 is 4.79 Å². The number of amides is 1. The molecule has 0 atom stereocenters. The molecule has 3 aromatic carbocycles. The van der Waals surface area contributed by atoms with Gasteiger partial charge in [-0.15, -0.1) is 11.3 Å². The van der Waals surface area contributed by atoms with Crippen LogP contribution in [0.3, 0.4) is 0 Å². The number of carbonyl (C=O) groups excluding carboxylic acids is 1. The Bertz CT molecular complexity index is 1240. The van der Waals surface area contributed by atoms with Crippen molar-refractivity contribution in [3.8, 4) is 10.6 Å². The van der Waals surface area contributed by atoms with Crippen molar-refractivity contribution in [3.05, 3.63) is 87.9 Å².